The van der Waals surface area contributed by atoms with Crippen LogP contribution >= 0.6 is 11.3 Å². The summed E-state index contributed by atoms with van der Waals surface area (Å²) in [5, 5.41) is 7.04. The first kappa shape index (κ1) is 21.6. The van der Waals surface area contributed by atoms with Crippen molar-refractivity contribution in [3.63, 3.8) is 0 Å². The summed E-state index contributed by atoms with van der Waals surface area (Å²) in [6.45, 7) is 3.81. The molecule has 3 aliphatic rings. The molecule has 3 aliphatic heterocycles. The van der Waals surface area contributed by atoms with E-state index in [0.717, 1.165) is 57.9 Å². The van der Waals surface area contributed by atoms with Crippen molar-refractivity contribution in [1.29, 1.82) is 0 Å². The molecule has 178 valence electrons. The third kappa shape index (κ3) is 3.80. The van der Waals surface area contributed by atoms with E-state index in [2.05, 4.69) is 25.1 Å². The number of hydrogen-bond donors (Lipinski definition) is 1. The molecule has 0 unspecified atom stereocenters. The Labute approximate surface area is 203 Å². The minimum atomic E-state index is -0.768. The number of piperazine rings is 1. The van der Waals surface area contributed by atoms with E-state index in [1.807, 2.05) is 23.7 Å². The fourth-order valence-corrected chi connectivity index (χ4v) is 5.34. The van der Waals surface area contributed by atoms with Crippen LogP contribution in [0.1, 0.15) is 32.7 Å². The highest BCUT2D eigenvalue weighted by atomic mass is 32.1. The molecule has 11 nitrogen and oxygen atoms in total. The number of nitrogens with zero attached hydrogens (tertiary/aromatic N) is 6. The molecule has 6 rings (SSSR count). The Hall–Kier alpha value is -3.90. The van der Waals surface area contributed by atoms with Gasteiger partial charge in [0.25, 0.3) is 11.8 Å². The Morgan fingerprint density at radius 2 is 1.74 bits per heavy atom. The van der Waals surface area contributed by atoms with Crippen LogP contribution in [-0.2, 0) is 11.3 Å². The van der Waals surface area contributed by atoms with E-state index in [1.54, 1.807) is 23.5 Å². The average Bonchev–Trinajstić information content (AvgIpc) is 3.42. The summed E-state index contributed by atoms with van der Waals surface area (Å²) in [5.74, 6) is -0.798. The molecule has 0 spiro atoms. The molecule has 0 aliphatic carbocycles. The number of amides is 5. The molecule has 3 aromatic rings. The highest BCUT2D eigenvalue weighted by Gasteiger charge is 2.43. The minimum absolute atomic E-state index is 0.0175. The molecule has 12 heteroatoms. The van der Waals surface area contributed by atoms with E-state index in [9.17, 15) is 19.2 Å². The van der Waals surface area contributed by atoms with Crippen molar-refractivity contribution in [2.24, 2.45) is 0 Å². The number of aromatic nitrogens is 2. The van der Waals surface area contributed by atoms with Crippen molar-refractivity contribution in [3.8, 4) is 0 Å². The second kappa shape index (κ2) is 8.40. The lowest BCUT2D eigenvalue weighted by molar-refractivity contribution is -0.122. The first-order valence-corrected chi connectivity index (χ1v) is 12.2. The van der Waals surface area contributed by atoms with Crippen molar-refractivity contribution >= 4 is 51.3 Å². The summed E-state index contributed by atoms with van der Waals surface area (Å²) in [7, 11) is 0. The Morgan fingerprint density at radius 1 is 0.943 bits per heavy atom. The van der Waals surface area contributed by atoms with Crippen LogP contribution in [0.25, 0.3) is 10.2 Å². The molecule has 2 fully saturated rings. The molecule has 35 heavy (non-hydrogen) atoms. The lowest BCUT2D eigenvalue weighted by Gasteiger charge is -2.34. The maximum Gasteiger partial charge on any atom is 0.343 e. The van der Waals surface area contributed by atoms with Crippen LogP contribution in [0.4, 0.5) is 10.7 Å². The molecule has 2 aromatic heterocycles. The van der Waals surface area contributed by atoms with Crippen molar-refractivity contribution < 1.29 is 19.2 Å². The van der Waals surface area contributed by atoms with Gasteiger partial charge >= 0.3 is 6.03 Å². The summed E-state index contributed by atoms with van der Waals surface area (Å²) in [4.78, 5) is 64.1. The maximum absolute atomic E-state index is 13.0. The zero-order chi connectivity index (χ0) is 24.1. The second-order valence-electron chi connectivity index (χ2n) is 8.64. The van der Waals surface area contributed by atoms with Crippen LogP contribution in [0.15, 0.2) is 35.8 Å². The molecular formula is C23H21N7O4S. The van der Waals surface area contributed by atoms with E-state index in [4.69, 9.17) is 0 Å². The molecular weight excluding hydrogens is 470 g/mol. The number of anilines is 1. The number of carbonyl (C=O) groups excluding carboxylic acids is 4. The molecule has 5 amide bonds. The van der Waals surface area contributed by atoms with Crippen molar-refractivity contribution in [3.05, 3.63) is 52.5 Å². The van der Waals surface area contributed by atoms with Gasteiger partial charge in [0.2, 0.25) is 11.9 Å². The molecule has 0 atom stereocenters. The van der Waals surface area contributed by atoms with E-state index in [-0.39, 0.29) is 24.1 Å². The first-order valence-electron chi connectivity index (χ1n) is 11.3. The zero-order valence-corrected chi connectivity index (χ0v) is 19.5. The van der Waals surface area contributed by atoms with Crippen molar-refractivity contribution in [2.75, 3.05) is 37.6 Å². The van der Waals surface area contributed by atoms with Gasteiger partial charge in [0.1, 0.15) is 4.83 Å². The van der Waals surface area contributed by atoms with Crippen molar-refractivity contribution in [2.45, 2.75) is 13.0 Å². The van der Waals surface area contributed by atoms with Gasteiger partial charge in [0.15, 0.2) is 0 Å². The van der Waals surface area contributed by atoms with Crippen LogP contribution < -0.4 is 10.2 Å². The summed E-state index contributed by atoms with van der Waals surface area (Å²) in [6.07, 6.45) is 1.89. The van der Waals surface area contributed by atoms with Gasteiger partial charge in [-0.05, 0) is 29.1 Å². The number of nitrogens with one attached hydrogen (secondary N) is 1. The molecule has 2 saturated heterocycles. The highest BCUT2D eigenvalue weighted by molar-refractivity contribution is 7.16. The van der Waals surface area contributed by atoms with Gasteiger partial charge in [-0.2, -0.15) is 5.01 Å². The van der Waals surface area contributed by atoms with E-state index >= 15 is 0 Å². The SMILES string of the molecule is O=C1CCN(N2C(=O)c3ccc(CN4CCN(c5ncc6ccsc6n5)CC4)cc3C2=O)C(=O)N1. The number of benzene rings is 1. The van der Waals surface area contributed by atoms with E-state index in [1.165, 1.54) is 0 Å². The summed E-state index contributed by atoms with van der Waals surface area (Å²) in [5.41, 5.74) is 1.44. The quantitative estimate of drug-likeness (QED) is 0.545. The standard InChI is InChI=1S/C23H21N7O4S/c31-18-3-5-29(23(34)25-18)30-20(32)16-2-1-14(11-17(16)21(30)33)13-27-6-8-28(9-7-27)22-24-12-15-4-10-35-19(15)26-22/h1-2,4,10-12H,3,5-9,13H2,(H,25,31,34). The van der Waals surface area contributed by atoms with Crippen LogP contribution in [-0.4, -0.2) is 81.4 Å². The number of fused-ring (bicyclic) bond motifs is 2. The molecule has 1 aromatic carbocycles. The van der Waals surface area contributed by atoms with E-state index < -0.39 is 23.8 Å². The number of urea groups is 1. The zero-order valence-electron chi connectivity index (χ0n) is 18.6. The fourth-order valence-electron chi connectivity index (χ4n) is 4.60. The Morgan fingerprint density at radius 3 is 2.54 bits per heavy atom. The normalized spacial score (nSPS) is 19.0. The molecule has 5 heterocycles. The van der Waals surface area contributed by atoms with Gasteiger partial charge in [-0.3, -0.25) is 24.6 Å². The van der Waals surface area contributed by atoms with Crippen molar-refractivity contribution in [1.82, 2.24) is 30.2 Å². The van der Waals surface area contributed by atoms with Gasteiger partial charge in [-0.1, -0.05) is 6.07 Å². The third-order valence-corrected chi connectivity index (χ3v) is 7.28. The Balaban J connectivity index is 1.12. The van der Waals surface area contributed by atoms with Gasteiger partial charge in [-0.25, -0.2) is 19.8 Å². The second-order valence-corrected chi connectivity index (χ2v) is 9.54. The number of hydrazine groups is 1. The maximum atomic E-state index is 13.0. The monoisotopic (exact) mass is 491 g/mol. The smallest absolute Gasteiger partial charge is 0.338 e. The van der Waals surface area contributed by atoms with Gasteiger partial charge in [0.05, 0.1) is 17.7 Å². The topological polar surface area (TPSA) is 119 Å². The average molecular weight is 492 g/mol. The lowest BCUT2D eigenvalue weighted by Crippen LogP contribution is -2.58. The lowest BCUT2D eigenvalue weighted by atomic mass is 10.1. The Kier molecular flexibility index (Phi) is 5.19. The number of hydrogen-bond acceptors (Lipinski definition) is 9. The van der Waals surface area contributed by atoms with Crippen LogP contribution in [0, 0.1) is 0 Å². The first-order chi connectivity index (χ1) is 17.0. The summed E-state index contributed by atoms with van der Waals surface area (Å²) < 4.78 is 0. The van der Waals surface area contributed by atoms with Gasteiger partial charge in [0, 0.05) is 50.7 Å². The number of rotatable bonds is 4. The largest absolute Gasteiger partial charge is 0.343 e. The summed E-state index contributed by atoms with van der Waals surface area (Å²) >= 11 is 1.60. The molecule has 0 bridgehead atoms. The number of carbonyl (C=O) groups is 4. The van der Waals surface area contributed by atoms with Gasteiger partial charge in [-0.15, -0.1) is 11.3 Å². The number of thiophene rings is 1. The highest BCUT2D eigenvalue weighted by Crippen LogP contribution is 2.27. The summed E-state index contributed by atoms with van der Waals surface area (Å²) in [6, 6.07) is 6.45. The van der Waals surface area contributed by atoms with E-state index in [0.29, 0.717) is 6.54 Å². The predicted octanol–water partition coefficient (Wildman–Crippen LogP) is 1.47. The molecule has 0 radical (unpaired) electrons. The minimum Gasteiger partial charge on any atom is -0.338 e. The van der Waals surface area contributed by atoms with Gasteiger partial charge < -0.3 is 4.90 Å². The fraction of sp³-hybridized carbons (Fsp3) is 0.304. The molecule has 1 N–H and O–H groups in total. The number of imide groups is 2. The predicted molar refractivity (Wildman–Crippen MR) is 127 cm³/mol. The van der Waals surface area contributed by atoms with Crippen LogP contribution in [0.3, 0.4) is 0 Å². The molecule has 0 saturated carbocycles. The van der Waals surface area contributed by atoms with Crippen LogP contribution in [0.5, 0.6) is 0 Å². The third-order valence-electron chi connectivity index (χ3n) is 6.46. The Bertz CT molecular complexity index is 1380. The van der Waals surface area contributed by atoms with Crippen LogP contribution in [0.2, 0.25) is 0 Å².